The molecule has 30 heavy (non-hydrogen) atoms. The minimum atomic E-state index is 0.205. The fourth-order valence-electron chi connectivity index (χ4n) is 4.04. The van der Waals surface area contributed by atoms with Crippen molar-refractivity contribution >= 4 is 5.96 Å². The molecule has 0 spiro atoms. The van der Waals surface area contributed by atoms with Crippen molar-refractivity contribution in [2.75, 3.05) is 39.9 Å². The molecule has 0 radical (unpaired) electrons. The van der Waals surface area contributed by atoms with Gasteiger partial charge in [-0.25, -0.2) is 0 Å². The van der Waals surface area contributed by atoms with Crippen LogP contribution in [0.1, 0.15) is 43.0 Å². The van der Waals surface area contributed by atoms with E-state index in [0.29, 0.717) is 19.8 Å². The first-order valence-corrected chi connectivity index (χ1v) is 10.9. The molecule has 1 atom stereocenters. The van der Waals surface area contributed by atoms with Crippen molar-refractivity contribution in [3.8, 4) is 11.5 Å². The molecule has 2 aliphatic rings. The monoisotopic (exact) mass is 412 g/mol. The zero-order valence-electron chi connectivity index (χ0n) is 17.7. The Bertz CT molecular complexity index is 816. The predicted molar refractivity (Wildman–Crippen MR) is 117 cm³/mol. The molecular weight excluding hydrogens is 380 g/mol. The van der Waals surface area contributed by atoms with Crippen LogP contribution in [0.2, 0.25) is 0 Å². The van der Waals surface area contributed by atoms with E-state index in [2.05, 4.69) is 32.7 Å². The minimum Gasteiger partial charge on any atom is -0.490 e. The molecule has 1 fully saturated rings. The number of guanidine groups is 1. The van der Waals surface area contributed by atoms with Crippen LogP contribution in [0.15, 0.2) is 46.0 Å². The third-order valence-electron chi connectivity index (χ3n) is 5.66. The lowest BCUT2D eigenvalue weighted by molar-refractivity contribution is 0.146. The molecule has 0 aliphatic carbocycles. The Morgan fingerprint density at radius 1 is 1.03 bits per heavy atom. The summed E-state index contributed by atoms with van der Waals surface area (Å²) in [6.45, 7) is 5.01. The van der Waals surface area contributed by atoms with Crippen LogP contribution in [0.4, 0.5) is 0 Å². The summed E-state index contributed by atoms with van der Waals surface area (Å²) >= 11 is 0. The summed E-state index contributed by atoms with van der Waals surface area (Å²) < 4.78 is 17.2. The summed E-state index contributed by atoms with van der Waals surface area (Å²) in [4.78, 5) is 6.90. The second-order valence-electron chi connectivity index (χ2n) is 7.77. The summed E-state index contributed by atoms with van der Waals surface area (Å²) in [7, 11) is 1.80. The maximum atomic E-state index is 5.80. The van der Waals surface area contributed by atoms with Crippen LogP contribution in [-0.2, 0) is 6.54 Å². The van der Waals surface area contributed by atoms with Crippen molar-refractivity contribution in [3.05, 3.63) is 47.9 Å². The van der Waals surface area contributed by atoms with Gasteiger partial charge in [-0.05, 0) is 55.8 Å². The highest BCUT2D eigenvalue weighted by Gasteiger charge is 2.24. The Hall–Kier alpha value is -2.67. The van der Waals surface area contributed by atoms with E-state index in [-0.39, 0.29) is 6.04 Å². The number of aliphatic imine (C=N–C) groups is 1. The largest absolute Gasteiger partial charge is 0.490 e. The summed E-state index contributed by atoms with van der Waals surface area (Å²) in [5, 5.41) is 6.88. The molecule has 7 heteroatoms. The van der Waals surface area contributed by atoms with Gasteiger partial charge < -0.3 is 24.5 Å². The molecule has 0 bridgehead atoms. The van der Waals surface area contributed by atoms with E-state index < -0.39 is 0 Å². The lowest BCUT2D eigenvalue weighted by Crippen LogP contribution is -2.44. The number of nitrogens with zero attached hydrogens (tertiary/aromatic N) is 2. The van der Waals surface area contributed by atoms with E-state index in [9.17, 15) is 0 Å². The molecule has 2 N–H and O–H groups in total. The number of hydrogen-bond donors (Lipinski definition) is 2. The first kappa shape index (κ1) is 20.6. The Morgan fingerprint density at radius 2 is 1.87 bits per heavy atom. The number of hydrogen-bond acceptors (Lipinski definition) is 5. The molecular formula is C23H32N4O3. The smallest absolute Gasteiger partial charge is 0.191 e. The maximum Gasteiger partial charge on any atom is 0.191 e. The van der Waals surface area contributed by atoms with Gasteiger partial charge in [0, 0.05) is 26.6 Å². The highest BCUT2D eigenvalue weighted by atomic mass is 16.5. The number of rotatable bonds is 6. The highest BCUT2D eigenvalue weighted by molar-refractivity contribution is 5.79. The third-order valence-corrected chi connectivity index (χ3v) is 5.66. The molecule has 3 heterocycles. The van der Waals surface area contributed by atoms with Crippen molar-refractivity contribution in [1.29, 1.82) is 0 Å². The van der Waals surface area contributed by atoms with Crippen LogP contribution in [0.3, 0.4) is 0 Å². The van der Waals surface area contributed by atoms with Gasteiger partial charge in [0.25, 0.3) is 0 Å². The number of likely N-dealkylation sites (tertiary alicyclic amines) is 1. The maximum absolute atomic E-state index is 5.80. The van der Waals surface area contributed by atoms with Gasteiger partial charge in [0.2, 0.25) is 0 Å². The zero-order chi connectivity index (χ0) is 20.6. The van der Waals surface area contributed by atoms with Gasteiger partial charge in [-0.3, -0.25) is 9.89 Å². The fraction of sp³-hybridized carbons (Fsp3) is 0.522. The van der Waals surface area contributed by atoms with E-state index in [0.717, 1.165) is 54.8 Å². The first-order chi connectivity index (χ1) is 14.8. The molecule has 2 aromatic rings. The Labute approximate surface area is 178 Å². The number of furan rings is 1. The molecule has 1 aromatic carbocycles. The lowest BCUT2D eigenvalue weighted by Gasteiger charge is -2.33. The molecule has 162 valence electrons. The van der Waals surface area contributed by atoms with Gasteiger partial charge in [0.05, 0.1) is 25.5 Å². The normalized spacial score (nSPS) is 18.5. The van der Waals surface area contributed by atoms with Crippen molar-refractivity contribution in [2.45, 2.75) is 38.3 Å². The van der Waals surface area contributed by atoms with E-state index in [1.807, 2.05) is 18.2 Å². The predicted octanol–water partition coefficient (Wildman–Crippen LogP) is 3.33. The van der Waals surface area contributed by atoms with Crippen LogP contribution in [-0.4, -0.2) is 50.8 Å². The van der Waals surface area contributed by atoms with Crippen LogP contribution < -0.4 is 20.1 Å². The number of nitrogens with one attached hydrogen (secondary N) is 2. The van der Waals surface area contributed by atoms with E-state index in [4.69, 9.17) is 13.9 Å². The van der Waals surface area contributed by atoms with Gasteiger partial charge >= 0.3 is 0 Å². The zero-order valence-corrected chi connectivity index (χ0v) is 17.7. The van der Waals surface area contributed by atoms with E-state index in [1.165, 1.54) is 19.3 Å². The van der Waals surface area contributed by atoms with Gasteiger partial charge in [0.1, 0.15) is 5.76 Å². The Balaban J connectivity index is 1.34. The van der Waals surface area contributed by atoms with Crippen LogP contribution in [0.5, 0.6) is 11.5 Å². The van der Waals surface area contributed by atoms with Crippen molar-refractivity contribution in [2.24, 2.45) is 4.99 Å². The van der Waals surface area contributed by atoms with Crippen LogP contribution in [0.25, 0.3) is 0 Å². The summed E-state index contributed by atoms with van der Waals surface area (Å²) in [5.74, 6) is 3.41. The Kier molecular flexibility index (Phi) is 7.13. The molecule has 0 saturated carbocycles. The Morgan fingerprint density at radius 3 is 2.63 bits per heavy atom. The quantitative estimate of drug-likeness (QED) is 0.560. The van der Waals surface area contributed by atoms with Crippen molar-refractivity contribution in [1.82, 2.24) is 15.5 Å². The van der Waals surface area contributed by atoms with Gasteiger partial charge in [0.15, 0.2) is 17.5 Å². The topological polar surface area (TPSA) is 71.3 Å². The van der Waals surface area contributed by atoms with E-state index >= 15 is 0 Å². The molecule has 1 aromatic heterocycles. The number of piperidine rings is 1. The summed E-state index contributed by atoms with van der Waals surface area (Å²) in [6, 6.07) is 10.3. The fourth-order valence-corrected chi connectivity index (χ4v) is 4.04. The number of ether oxygens (including phenoxy) is 2. The standard InChI is InChI=1S/C23H32N4O3/c1-24-23(25-16-18-8-9-21-22(15-18)30-14-6-13-29-21)26-17-19(20-7-5-12-28-20)27-10-3-2-4-11-27/h5,7-9,12,15,19H,2-4,6,10-11,13-14,16-17H2,1H3,(H2,24,25,26). The molecule has 2 aliphatic heterocycles. The van der Waals surface area contributed by atoms with Crippen LogP contribution >= 0.6 is 0 Å². The van der Waals surface area contributed by atoms with E-state index in [1.54, 1.807) is 13.3 Å². The average Bonchev–Trinajstić information content (AvgIpc) is 3.21. The second-order valence-corrected chi connectivity index (χ2v) is 7.77. The molecule has 4 rings (SSSR count). The molecule has 1 saturated heterocycles. The summed E-state index contributed by atoms with van der Waals surface area (Å²) in [6.07, 6.45) is 6.46. The molecule has 0 amide bonds. The van der Waals surface area contributed by atoms with Gasteiger partial charge in [-0.1, -0.05) is 12.5 Å². The van der Waals surface area contributed by atoms with Crippen molar-refractivity contribution < 1.29 is 13.9 Å². The third kappa shape index (κ3) is 5.27. The van der Waals surface area contributed by atoms with Gasteiger partial charge in [-0.2, -0.15) is 0 Å². The summed E-state index contributed by atoms with van der Waals surface area (Å²) in [5.41, 5.74) is 1.13. The first-order valence-electron chi connectivity index (χ1n) is 10.9. The van der Waals surface area contributed by atoms with Crippen molar-refractivity contribution in [3.63, 3.8) is 0 Å². The van der Waals surface area contributed by atoms with Crippen LogP contribution in [0, 0.1) is 0 Å². The average molecular weight is 413 g/mol. The SMILES string of the molecule is CN=C(NCc1ccc2c(c1)OCCCO2)NCC(c1ccco1)N1CCCCC1. The number of benzene rings is 1. The second kappa shape index (κ2) is 10.4. The molecule has 1 unspecified atom stereocenters. The molecule has 7 nitrogen and oxygen atoms in total. The van der Waals surface area contributed by atoms with Gasteiger partial charge in [-0.15, -0.1) is 0 Å². The lowest BCUT2D eigenvalue weighted by atomic mass is 10.1. The minimum absolute atomic E-state index is 0.205. The number of fused-ring (bicyclic) bond motifs is 1. The highest BCUT2D eigenvalue weighted by Crippen LogP contribution is 2.30.